The number of halogens is 11. The number of aliphatic hydroxyl groups is 1. The molecule has 1 aliphatic heterocycles. The van der Waals surface area contributed by atoms with Gasteiger partial charge in [-0.1, -0.05) is 29.3 Å². The Morgan fingerprint density at radius 3 is 2.06 bits per heavy atom. The van der Waals surface area contributed by atoms with E-state index in [2.05, 4.69) is 10.3 Å². The van der Waals surface area contributed by atoms with Gasteiger partial charge in [-0.15, -0.1) is 0 Å². The fraction of sp³-hybridized carbons (Fsp3) is 0.559. The van der Waals surface area contributed by atoms with Crippen molar-refractivity contribution >= 4 is 51.7 Å². The number of anilines is 1. The second-order valence-electron chi connectivity index (χ2n) is 13.7. The molecule has 5 rings (SSSR count). The predicted octanol–water partition coefficient (Wildman–Crippen LogP) is 8.03. The number of hydrogen-bond donors (Lipinski definition) is 3. The van der Waals surface area contributed by atoms with E-state index in [1.54, 1.807) is 22.6 Å². The van der Waals surface area contributed by atoms with Crippen molar-refractivity contribution < 1.29 is 54.2 Å². The quantitative estimate of drug-likeness (QED) is 0.201. The van der Waals surface area contributed by atoms with E-state index in [9.17, 15) is 54.2 Å². The van der Waals surface area contributed by atoms with Crippen LogP contribution in [0.3, 0.4) is 0 Å². The standard InChI is InChI=1S/C34H36Cl2F9N5O3/c1-31(53,34(43,44)45)30(52)46-16-17-3-8-23(35)21(28(17)36)14-27-48-24-13-22(29(51)47-20-6-4-18(5-7-20)32(37,38)39)25(15-26(24)49(27)2)50-11-9-19(10-12-50)33(40,41)42/h3,8,13,15,18-20,53H,4-7,9-12,14,16H2,1-2H3,(H,46,52)(H,47,51)/t18?,20?,31-/m0/s1. The van der Waals surface area contributed by atoms with Gasteiger partial charge in [-0.3, -0.25) is 9.59 Å². The minimum atomic E-state index is -5.23. The zero-order chi connectivity index (χ0) is 39.3. The minimum Gasteiger partial charge on any atom is -0.373 e. The largest absolute Gasteiger partial charge is 0.426 e. The van der Waals surface area contributed by atoms with Crippen molar-refractivity contribution in [2.75, 3.05) is 18.0 Å². The first-order chi connectivity index (χ1) is 24.5. The van der Waals surface area contributed by atoms with Gasteiger partial charge in [0, 0.05) is 44.2 Å². The zero-order valence-electron chi connectivity index (χ0n) is 28.4. The molecule has 2 fully saturated rings. The van der Waals surface area contributed by atoms with Crippen molar-refractivity contribution in [1.82, 2.24) is 20.2 Å². The van der Waals surface area contributed by atoms with Crippen molar-refractivity contribution in [3.63, 3.8) is 0 Å². The third-order valence-electron chi connectivity index (χ3n) is 10.2. The van der Waals surface area contributed by atoms with Crippen LogP contribution in [-0.4, -0.2) is 69.7 Å². The minimum absolute atomic E-state index is 0.00467. The average Bonchev–Trinajstić information content (AvgIpc) is 3.38. The summed E-state index contributed by atoms with van der Waals surface area (Å²) in [5.74, 6) is -4.91. The maximum absolute atomic E-state index is 13.7. The predicted molar refractivity (Wildman–Crippen MR) is 179 cm³/mol. The molecule has 0 bridgehead atoms. The Bertz CT molecular complexity index is 1840. The highest BCUT2D eigenvalue weighted by atomic mass is 35.5. The van der Waals surface area contributed by atoms with E-state index in [-0.39, 0.29) is 79.2 Å². The van der Waals surface area contributed by atoms with Gasteiger partial charge < -0.3 is 25.2 Å². The Morgan fingerprint density at radius 2 is 1.49 bits per heavy atom. The first kappa shape index (κ1) is 40.7. The van der Waals surface area contributed by atoms with E-state index in [1.807, 2.05) is 5.32 Å². The first-order valence-electron chi connectivity index (χ1n) is 16.7. The molecule has 292 valence electrons. The molecule has 1 aliphatic carbocycles. The molecule has 1 atom stereocenters. The fourth-order valence-electron chi connectivity index (χ4n) is 6.73. The number of aromatic nitrogens is 2. The molecule has 2 aliphatic rings. The number of piperidine rings is 1. The SMILES string of the molecule is Cn1c(Cc2c(Cl)ccc(CNC(=O)[C@](C)(O)C(F)(F)F)c2Cl)nc2cc(C(=O)NC3CCC(C(F)(F)F)CC3)c(N3CCC(C(F)(F)F)CC3)cc21. The Balaban J connectivity index is 1.44. The summed E-state index contributed by atoms with van der Waals surface area (Å²) in [6.45, 7) is -0.188. The number of aryl methyl sites for hydroxylation is 1. The molecule has 8 nitrogen and oxygen atoms in total. The lowest BCUT2D eigenvalue weighted by atomic mass is 9.85. The number of benzene rings is 2. The Labute approximate surface area is 308 Å². The summed E-state index contributed by atoms with van der Waals surface area (Å²) >= 11 is 13.1. The molecule has 1 aromatic heterocycles. The Kier molecular flexibility index (Phi) is 11.5. The van der Waals surface area contributed by atoms with Crippen LogP contribution < -0.4 is 15.5 Å². The molecular formula is C34H36Cl2F9N5O3. The van der Waals surface area contributed by atoms with Crippen LogP contribution in [0, 0.1) is 11.8 Å². The van der Waals surface area contributed by atoms with Gasteiger partial charge >= 0.3 is 18.5 Å². The lowest BCUT2D eigenvalue weighted by Gasteiger charge is -2.35. The second kappa shape index (κ2) is 15.0. The number of carbonyl (C=O) groups excluding carboxylic acids is 2. The molecular weight excluding hydrogens is 768 g/mol. The van der Waals surface area contributed by atoms with Crippen molar-refractivity contribution in [3.05, 3.63) is 56.8 Å². The van der Waals surface area contributed by atoms with Crippen LogP contribution in [0.25, 0.3) is 11.0 Å². The average molecular weight is 805 g/mol. The van der Waals surface area contributed by atoms with Gasteiger partial charge in [-0.05, 0) is 74.8 Å². The number of hydrogen-bond acceptors (Lipinski definition) is 5. The van der Waals surface area contributed by atoms with E-state index < -0.39 is 60.4 Å². The third kappa shape index (κ3) is 8.77. The highest BCUT2D eigenvalue weighted by molar-refractivity contribution is 6.36. The normalized spacial score (nSPS) is 20.4. The monoisotopic (exact) mass is 803 g/mol. The number of alkyl halides is 9. The molecule has 2 aromatic carbocycles. The summed E-state index contributed by atoms with van der Waals surface area (Å²) in [6, 6.07) is 5.36. The highest BCUT2D eigenvalue weighted by Gasteiger charge is 2.55. The summed E-state index contributed by atoms with van der Waals surface area (Å²) in [4.78, 5) is 32.2. The number of carbonyl (C=O) groups is 2. The number of fused-ring (bicyclic) bond motifs is 1. The second-order valence-corrected chi connectivity index (χ2v) is 14.5. The number of nitrogens with zero attached hydrogens (tertiary/aromatic N) is 3. The smallest absolute Gasteiger partial charge is 0.373 e. The molecule has 0 radical (unpaired) electrons. The van der Waals surface area contributed by atoms with Gasteiger partial charge in [0.25, 0.3) is 11.8 Å². The molecule has 19 heteroatoms. The maximum Gasteiger partial charge on any atom is 0.426 e. The number of imidazole rings is 1. The molecule has 3 aromatic rings. The van der Waals surface area contributed by atoms with Crippen LogP contribution in [0.4, 0.5) is 45.2 Å². The third-order valence-corrected chi connectivity index (χ3v) is 11.0. The lowest BCUT2D eigenvalue weighted by molar-refractivity contribution is -0.245. The lowest BCUT2D eigenvalue weighted by Crippen LogP contribution is -2.54. The highest BCUT2D eigenvalue weighted by Crippen LogP contribution is 2.40. The van der Waals surface area contributed by atoms with Crippen LogP contribution in [0.2, 0.25) is 10.0 Å². The number of rotatable bonds is 8. The molecule has 1 saturated heterocycles. The van der Waals surface area contributed by atoms with Crippen molar-refractivity contribution in [3.8, 4) is 0 Å². The van der Waals surface area contributed by atoms with Gasteiger partial charge in [0.05, 0.1) is 39.1 Å². The van der Waals surface area contributed by atoms with Gasteiger partial charge in [-0.25, -0.2) is 4.98 Å². The van der Waals surface area contributed by atoms with E-state index in [1.165, 1.54) is 18.2 Å². The number of amides is 2. The topological polar surface area (TPSA) is 99.5 Å². The number of nitrogens with one attached hydrogen (secondary N) is 2. The van der Waals surface area contributed by atoms with Crippen LogP contribution in [0.1, 0.15) is 72.8 Å². The van der Waals surface area contributed by atoms with E-state index in [0.29, 0.717) is 35.0 Å². The fourth-order valence-corrected chi connectivity index (χ4v) is 7.30. The van der Waals surface area contributed by atoms with Gasteiger partial charge in [0.1, 0.15) is 5.82 Å². The van der Waals surface area contributed by atoms with Crippen molar-refractivity contribution in [2.45, 2.75) is 88.6 Å². The molecule has 1 saturated carbocycles. The molecule has 0 spiro atoms. The van der Waals surface area contributed by atoms with Crippen LogP contribution >= 0.6 is 23.2 Å². The summed E-state index contributed by atoms with van der Waals surface area (Å²) in [5, 5.41) is 14.7. The van der Waals surface area contributed by atoms with Gasteiger partial charge in [0.15, 0.2) is 0 Å². The van der Waals surface area contributed by atoms with Gasteiger partial charge in [-0.2, -0.15) is 39.5 Å². The van der Waals surface area contributed by atoms with E-state index in [4.69, 9.17) is 23.2 Å². The molecule has 3 N–H and O–H groups in total. The maximum atomic E-state index is 13.7. The van der Waals surface area contributed by atoms with Crippen LogP contribution in [-0.2, 0) is 24.8 Å². The molecule has 53 heavy (non-hydrogen) atoms. The van der Waals surface area contributed by atoms with Gasteiger partial charge in [0.2, 0.25) is 5.60 Å². The van der Waals surface area contributed by atoms with Crippen LogP contribution in [0.15, 0.2) is 24.3 Å². The summed E-state index contributed by atoms with van der Waals surface area (Å²) < 4.78 is 121. The molecule has 0 unspecified atom stereocenters. The Morgan fingerprint density at radius 1 is 0.906 bits per heavy atom. The summed E-state index contributed by atoms with van der Waals surface area (Å²) in [6.07, 6.45) is -14.5. The van der Waals surface area contributed by atoms with E-state index >= 15 is 0 Å². The van der Waals surface area contributed by atoms with Crippen LogP contribution in [0.5, 0.6) is 0 Å². The van der Waals surface area contributed by atoms with Crippen molar-refractivity contribution in [1.29, 1.82) is 0 Å². The van der Waals surface area contributed by atoms with Crippen molar-refractivity contribution in [2.24, 2.45) is 18.9 Å². The Hall–Kier alpha value is -3.44. The summed E-state index contributed by atoms with van der Waals surface area (Å²) in [5.41, 5.74) is -1.96. The van der Waals surface area contributed by atoms with E-state index in [0.717, 1.165) is 0 Å². The first-order valence-corrected chi connectivity index (χ1v) is 17.5. The molecule has 2 heterocycles. The summed E-state index contributed by atoms with van der Waals surface area (Å²) in [7, 11) is 1.65. The zero-order valence-corrected chi connectivity index (χ0v) is 29.9. The molecule has 2 amide bonds.